The maximum Gasteiger partial charge on any atom is 0.0614 e. The molecule has 2 fully saturated rings. The number of aliphatic hydroxyl groups is 1. The topological polar surface area (TPSA) is 35.5 Å². The lowest BCUT2D eigenvalue weighted by molar-refractivity contribution is 0.134. The molecule has 0 aromatic rings. The van der Waals surface area contributed by atoms with E-state index in [1.54, 1.807) is 0 Å². The van der Waals surface area contributed by atoms with Crippen LogP contribution in [0.15, 0.2) is 0 Å². The van der Waals surface area contributed by atoms with Crippen LogP contribution in [0.25, 0.3) is 0 Å². The Hall–Kier alpha value is -0.120. The molecule has 2 N–H and O–H groups in total. The van der Waals surface area contributed by atoms with Gasteiger partial charge in [-0.05, 0) is 45.1 Å². The Kier molecular flexibility index (Phi) is 5.88. The van der Waals surface area contributed by atoms with E-state index in [0.29, 0.717) is 12.1 Å². The van der Waals surface area contributed by atoms with Crippen LogP contribution in [-0.2, 0) is 0 Å². The number of hydrogen-bond acceptors (Lipinski definition) is 3. The molecule has 0 saturated heterocycles. The highest BCUT2D eigenvalue weighted by atomic mass is 16.3. The minimum Gasteiger partial charge on any atom is -0.394 e. The Bertz CT molecular complexity index is 289. The van der Waals surface area contributed by atoms with Gasteiger partial charge < -0.3 is 15.3 Å². The van der Waals surface area contributed by atoms with Crippen molar-refractivity contribution in [2.45, 2.75) is 82.8 Å². The molecule has 0 amide bonds. The predicted octanol–water partition coefficient (Wildman–Crippen LogP) is 2.78. The maximum absolute atomic E-state index is 9.81. The van der Waals surface area contributed by atoms with Crippen LogP contribution in [0.5, 0.6) is 0 Å². The molecule has 20 heavy (non-hydrogen) atoms. The molecule has 2 aliphatic rings. The van der Waals surface area contributed by atoms with Crippen molar-refractivity contribution >= 4 is 0 Å². The van der Waals surface area contributed by atoms with E-state index in [-0.39, 0.29) is 12.1 Å². The van der Waals surface area contributed by atoms with Gasteiger partial charge in [0.1, 0.15) is 0 Å². The standard InChI is InChI=1S/C17H34N2O/c1-14(2)18-17(13-20)10-9-16(11-17)19(3)12-15-7-5-4-6-8-15/h14-16,18,20H,4-13H2,1-3H3. The molecule has 2 unspecified atom stereocenters. The Morgan fingerprint density at radius 3 is 2.50 bits per heavy atom. The Morgan fingerprint density at radius 1 is 1.20 bits per heavy atom. The first-order valence-corrected chi connectivity index (χ1v) is 8.63. The summed E-state index contributed by atoms with van der Waals surface area (Å²) in [5.41, 5.74) is -0.0281. The summed E-state index contributed by atoms with van der Waals surface area (Å²) in [5, 5.41) is 13.4. The number of aliphatic hydroxyl groups excluding tert-OH is 1. The molecule has 0 heterocycles. The van der Waals surface area contributed by atoms with Gasteiger partial charge in [-0.25, -0.2) is 0 Å². The van der Waals surface area contributed by atoms with Crippen LogP contribution in [0, 0.1) is 5.92 Å². The smallest absolute Gasteiger partial charge is 0.0614 e. The molecule has 0 bridgehead atoms. The molecule has 0 spiro atoms. The van der Waals surface area contributed by atoms with E-state index in [4.69, 9.17) is 0 Å². The molecule has 2 rings (SSSR count). The third kappa shape index (κ3) is 4.19. The van der Waals surface area contributed by atoms with Crippen LogP contribution in [0.1, 0.15) is 65.2 Å². The summed E-state index contributed by atoms with van der Waals surface area (Å²) in [6, 6.07) is 1.10. The monoisotopic (exact) mass is 282 g/mol. The molecule has 2 saturated carbocycles. The number of nitrogens with zero attached hydrogens (tertiary/aromatic N) is 1. The van der Waals surface area contributed by atoms with Crippen LogP contribution in [0.3, 0.4) is 0 Å². The van der Waals surface area contributed by atoms with Gasteiger partial charge in [-0.2, -0.15) is 0 Å². The van der Waals surface area contributed by atoms with Gasteiger partial charge in [0.05, 0.1) is 6.61 Å². The number of hydrogen-bond donors (Lipinski definition) is 2. The van der Waals surface area contributed by atoms with Gasteiger partial charge in [0, 0.05) is 24.2 Å². The number of rotatable bonds is 6. The first-order chi connectivity index (χ1) is 9.54. The first-order valence-electron chi connectivity index (χ1n) is 8.63. The number of nitrogens with one attached hydrogen (secondary N) is 1. The van der Waals surface area contributed by atoms with E-state index in [1.165, 1.54) is 45.1 Å². The fourth-order valence-electron chi connectivity index (χ4n) is 4.33. The molecule has 0 aromatic heterocycles. The van der Waals surface area contributed by atoms with Crippen molar-refractivity contribution in [1.29, 1.82) is 0 Å². The highest BCUT2D eigenvalue weighted by Gasteiger charge is 2.40. The van der Waals surface area contributed by atoms with Crippen LogP contribution in [0.2, 0.25) is 0 Å². The highest BCUT2D eigenvalue weighted by Crippen LogP contribution is 2.34. The van der Waals surface area contributed by atoms with Gasteiger partial charge >= 0.3 is 0 Å². The normalized spacial score (nSPS) is 32.4. The minimum absolute atomic E-state index is 0.0281. The summed E-state index contributed by atoms with van der Waals surface area (Å²) < 4.78 is 0. The van der Waals surface area contributed by atoms with E-state index >= 15 is 0 Å². The lowest BCUT2D eigenvalue weighted by atomic mass is 9.88. The second-order valence-electron chi connectivity index (χ2n) is 7.58. The molecule has 3 nitrogen and oxygen atoms in total. The fourth-order valence-corrected chi connectivity index (χ4v) is 4.33. The molecule has 3 heteroatoms. The minimum atomic E-state index is -0.0281. The van der Waals surface area contributed by atoms with Gasteiger partial charge in [-0.15, -0.1) is 0 Å². The lowest BCUT2D eigenvalue weighted by Gasteiger charge is -2.34. The van der Waals surface area contributed by atoms with Crippen LogP contribution in [0.4, 0.5) is 0 Å². The predicted molar refractivity (Wildman–Crippen MR) is 84.9 cm³/mol. The fraction of sp³-hybridized carbons (Fsp3) is 1.00. The third-order valence-corrected chi connectivity index (χ3v) is 5.37. The van der Waals surface area contributed by atoms with Crippen molar-refractivity contribution in [3.8, 4) is 0 Å². The summed E-state index contributed by atoms with van der Waals surface area (Å²) >= 11 is 0. The van der Waals surface area contributed by atoms with Gasteiger partial charge in [-0.1, -0.05) is 33.1 Å². The van der Waals surface area contributed by atoms with Gasteiger partial charge in [0.15, 0.2) is 0 Å². The average Bonchev–Trinajstić information content (AvgIpc) is 2.84. The van der Waals surface area contributed by atoms with Crippen molar-refractivity contribution in [3.63, 3.8) is 0 Å². The zero-order valence-electron chi connectivity index (χ0n) is 13.7. The van der Waals surface area contributed by atoms with E-state index in [1.807, 2.05) is 0 Å². The Morgan fingerprint density at radius 2 is 1.90 bits per heavy atom. The zero-order valence-corrected chi connectivity index (χ0v) is 13.7. The first kappa shape index (κ1) is 16.3. The summed E-state index contributed by atoms with van der Waals surface area (Å²) in [6.07, 6.45) is 10.6. The van der Waals surface area contributed by atoms with Crippen molar-refractivity contribution in [2.24, 2.45) is 5.92 Å². The second kappa shape index (κ2) is 7.24. The maximum atomic E-state index is 9.81. The zero-order chi connectivity index (χ0) is 14.6. The van der Waals surface area contributed by atoms with Crippen LogP contribution < -0.4 is 5.32 Å². The molecule has 118 valence electrons. The highest BCUT2D eigenvalue weighted by molar-refractivity contribution is 5.00. The summed E-state index contributed by atoms with van der Waals surface area (Å²) in [6.45, 7) is 5.89. The molecule has 0 aliphatic heterocycles. The average molecular weight is 282 g/mol. The SMILES string of the molecule is CC(C)NC1(CO)CCC(N(C)CC2CCCCC2)C1. The Labute approximate surface area is 125 Å². The van der Waals surface area contributed by atoms with E-state index in [9.17, 15) is 5.11 Å². The summed E-state index contributed by atoms with van der Waals surface area (Å²) in [7, 11) is 2.29. The summed E-state index contributed by atoms with van der Waals surface area (Å²) in [5.74, 6) is 0.913. The van der Waals surface area contributed by atoms with Gasteiger partial charge in [0.2, 0.25) is 0 Å². The molecular weight excluding hydrogens is 248 g/mol. The van der Waals surface area contributed by atoms with Crippen molar-refractivity contribution < 1.29 is 5.11 Å². The molecular formula is C17H34N2O. The second-order valence-corrected chi connectivity index (χ2v) is 7.58. The van der Waals surface area contributed by atoms with Gasteiger partial charge in [-0.3, -0.25) is 0 Å². The summed E-state index contributed by atoms with van der Waals surface area (Å²) in [4.78, 5) is 2.58. The molecule has 2 aliphatic carbocycles. The van der Waals surface area contributed by atoms with Gasteiger partial charge in [0.25, 0.3) is 0 Å². The largest absolute Gasteiger partial charge is 0.394 e. The van der Waals surface area contributed by atoms with Crippen molar-refractivity contribution in [1.82, 2.24) is 10.2 Å². The van der Waals surface area contributed by atoms with Crippen molar-refractivity contribution in [2.75, 3.05) is 20.2 Å². The molecule has 0 aromatic carbocycles. The van der Waals surface area contributed by atoms with Crippen molar-refractivity contribution in [3.05, 3.63) is 0 Å². The molecule has 2 atom stereocenters. The van der Waals surface area contributed by atoms with E-state index in [2.05, 4.69) is 31.1 Å². The quantitative estimate of drug-likeness (QED) is 0.786. The van der Waals surface area contributed by atoms with E-state index < -0.39 is 0 Å². The Balaban J connectivity index is 1.83. The third-order valence-electron chi connectivity index (χ3n) is 5.37. The van der Waals surface area contributed by atoms with Crippen LogP contribution in [-0.4, -0.2) is 47.8 Å². The molecule has 0 radical (unpaired) electrons. The van der Waals surface area contributed by atoms with Crippen LogP contribution >= 0.6 is 0 Å². The lowest BCUT2D eigenvalue weighted by Crippen LogP contribution is -2.50. The van der Waals surface area contributed by atoms with E-state index in [0.717, 1.165) is 18.8 Å².